The van der Waals surface area contributed by atoms with Crippen LogP contribution in [-0.4, -0.2) is 48.3 Å². The Hall–Kier alpha value is -3.07. The summed E-state index contributed by atoms with van der Waals surface area (Å²) in [6.07, 6.45) is 0.917. The van der Waals surface area contributed by atoms with Crippen molar-refractivity contribution >= 4 is 21.1 Å². The van der Waals surface area contributed by atoms with E-state index in [4.69, 9.17) is 4.98 Å². The van der Waals surface area contributed by atoms with Gasteiger partial charge in [0.2, 0.25) is 10.0 Å². The Morgan fingerprint density at radius 2 is 1.60 bits per heavy atom. The molecule has 3 aromatic carbocycles. The van der Waals surface area contributed by atoms with Crippen LogP contribution in [0, 0.1) is 5.82 Å². The Kier molecular flexibility index (Phi) is 7.35. The molecule has 0 aliphatic rings. The van der Waals surface area contributed by atoms with E-state index in [1.807, 2.05) is 43.4 Å². The van der Waals surface area contributed by atoms with E-state index in [1.165, 1.54) is 30.5 Å². The van der Waals surface area contributed by atoms with Crippen molar-refractivity contribution in [3.05, 3.63) is 95.6 Å². The quantitative estimate of drug-likeness (QED) is 0.327. The molecule has 0 radical (unpaired) electrons. The Balaban J connectivity index is 1.75. The highest BCUT2D eigenvalue weighted by molar-refractivity contribution is 7.89. The van der Waals surface area contributed by atoms with Crippen LogP contribution in [0.25, 0.3) is 11.0 Å². The summed E-state index contributed by atoms with van der Waals surface area (Å²) < 4.78 is 42.3. The van der Waals surface area contributed by atoms with E-state index >= 15 is 0 Å². The number of hydrogen-bond acceptors (Lipinski definition) is 4. The maximum absolute atomic E-state index is 13.6. The van der Waals surface area contributed by atoms with Crippen LogP contribution in [0.3, 0.4) is 0 Å². The normalized spacial score (nSPS) is 13.1. The maximum Gasteiger partial charge on any atom is 0.242 e. The second-order valence-corrected chi connectivity index (χ2v) is 11.0. The number of benzene rings is 3. The molecule has 0 saturated carbocycles. The monoisotopic (exact) mass is 494 g/mol. The highest BCUT2D eigenvalue weighted by atomic mass is 32.2. The van der Waals surface area contributed by atoms with E-state index in [9.17, 15) is 12.8 Å². The third-order valence-electron chi connectivity index (χ3n) is 6.16. The first-order valence-corrected chi connectivity index (χ1v) is 13.1. The van der Waals surface area contributed by atoms with Gasteiger partial charge in [-0.25, -0.2) is 22.1 Å². The molecule has 1 heterocycles. The Morgan fingerprint density at radius 1 is 0.943 bits per heavy atom. The molecular formula is C27H31FN4O2S. The Bertz CT molecular complexity index is 1400. The third-order valence-corrected chi connectivity index (χ3v) is 7.97. The third kappa shape index (κ3) is 5.15. The molecule has 0 aliphatic heterocycles. The molecule has 0 aliphatic carbocycles. The predicted octanol–water partition coefficient (Wildman–Crippen LogP) is 5.06. The number of nitrogens with zero attached hydrogens (tertiary/aromatic N) is 4. The van der Waals surface area contributed by atoms with Gasteiger partial charge in [0, 0.05) is 20.6 Å². The van der Waals surface area contributed by atoms with E-state index in [0.29, 0.717) is 12.1 Å². The first kappa shape index (κ1) is 25.0. The van der Waals surface area contributed by atoms with Crippen molar-refractivity contribution in [3.8, 4) is 0 Å². The summed E-state index contributed by atoms with van der Waals surface area (Å²) in [5.41, 5.74) is 3.64. The summed E-state index contributed by atoms with van der Waals surface area (Å²) in [7, 11) is 1.52. The van der Waals surface area contributed by atoms with Crippen LogP contribution < -0.4 is 0 Å². The highest BCUT2D eigenvalue weighted by Crippen LogP contribution is 2.30. The molecule has 184 valence electrons. The second kappa shape index (κ2) is 10.3. The lowest BCUT2D eigenvalue weighted by atomic mass is 9.97. The van der Waals surface area contributed by atoms with Crippen LogP contribution in [0.4, 0.5) is 4.39 Å². The lowest BCUT2D eigenvalue weighted by Gasteiger charge is -2.29. The van der Waals surface area contributed by atoms with Gasteiger partial charge in [-0.1, -0.05) is 49.4 Å². The van der Waals surface area contributed by atoms with Gasteiger partial charge in [-0.2, -0.15) is 0 Å². The number of fused-ring (bicyclic) bond motifs is 1. The molecule has 1 atom stereocenters. The van der Waals surface area contributed by atoms with Crippen molar-refractivity contribution in [1.82, 2.24) is 18.8 Å². The number of aromatic nitrogens is 2. The number of rotatable bonds is 9. The predicted molar refractivity (Wildman–Crippen MR) is 137 cm³/mol. The molecule has 0 N–H and O–H groups in total. The lowest BCUT2D eigenvalue weighted by Crippen LogP contribution is -2.27. The van der Waals surface area contributed by atoms with Crippen LogP contribution in [0.2, 0.25) is 0 Å². The summed E-state index contributed by atoms with van der Waals surface area (Å²) in [6.45, 7) is 3.41. The molecule has 0 unspecified atom stereocenters. The molecule has 4 aromatic rings. The average Bonchev–Trinajstić information content (AvgIpc) is 3.17. The molecule has 0 fully saturated rings. The lowest BCUT2D eigenvalue weighted by molar-refractivity contribution is 0.260. The van der Waals surface area contributed by atoms with Gasteiger partial charge in [-0.05, 0) is 54.9 Å². The van der Waals surface area contributed by atoms with Crippen LogP contribution in [-0.2, 0) is 23.1 Å². The Morgan fingerprint density at radius 3 is 2.23 bits per heavy atom. The van der Waals surface area contributed by atoms with Gasteiger partial charge in [0.1, 0.15) is 11.6 Å². The minimum Gasteiger partial charge on any atom is -0.327 e. The van der Waals surface area contributed by atoms with Crippen molar-refractivity contribution in [2.75, 3.05) is 21.1 Å². The minimum atomic E-state index is -3.55. The van der Waals surface area contributed by atoms with Crippen LogP contribution in [0.15, 0.2) is 77.7 Å². The fourth-order valence-electron chi connectivity index (χ4n) is 4.42. The number of halogens is 1. The molecule has 0 bridgehead atoms. The van der Waals surface area contributed by atoms with Crippen LogP contribution in [0.5, 0.6) is 0 Å². The zero-order chi connectivity index (χ0) is 25.2. The zero-order valence-electron chi connectivity index (χ0n) is 20.5. The molecule has 35 heavy (non-hydrogen) atoms. The topological polar surface area (TPSA) is 58.4 Å². The van der Waals surface area contributed by atoms with Crippen molar-refractivity contribution in [2.24, 2.45) is 0 Å². The van der Waals surface area contributed by atoms with E-state index in [1.54, 1.807) is 12.1 Å². The number of hydrogen-bond donors (Lipinski definition) is 0. The number of imidazole rings is 1. The van der Waals surface area contributed by atoms with E-state index in [2.05, 4.69) is 28.5 Å². The summed E-state index contributed by atoms with van der Waals surface area (Å²) in [5.74, 6) is 0.586. The highest BCUT2D eigenvalue weighted by Gasteiger charge is 2.23. The maximum atomic E-state index is 13.6. The molecule has 6 nitrogen and oxygen atoms in total. The number of sulfonamides is 1. The Labute approximate surface area is 206 Å². The molecular weight excluding hydrogens is 463 g/mol. The smallest absolute Gasteiger partial charge is 0.242 e. The molecule has 0 saturated heterocycles. The second-order valence-electron chi connectivity index (χ2n) is 8.90. The van der Waals surface area contributed by atoms with Gasteiger partial charge in [0.25, 0.3) is 0 Å². The summed E-state index contributed by atoms with van der Waals surface area (Å²) in [6, 6.07) is 21.7. The summed E-state index contributed by atoms with van der Waals surface area (Å²) in [4.78, 5) is 7.28. The molecule has 0 spiro atoms. The largest absolute Gasteiger partial charge is 0.327 e. The van der Waals surface area contributed by atoms with Crippen molar-refractivity contribution in [3.63, 3.8) is 0 Å². The van der Waals surface area contributed by atoms with Gasteiger partial charge in [-0.15, -0.1) is 0 Å². The van der Waals surface area contributed by atoms with Gasteiger partial charge >= 0.3 is 0 Å². The van der Waals surface area contributed by atoms with Gasteiger partial charge < -0.3 is 4.57 Å². The fourth-order valence-corrected chi connectivity index (χ4v) is 5.34. The minimum absolute atomic E-state index is 0.101. The van der Waals surface area contributed by atoms with Crippen LogP contribution >= 0.6 is 0 Å². The zero-order valence-corrected chi connectivity index (χ0v) is 21.3. The first-order valence-electron chi connectivity index (χ1n) is 11.6. The van der Waals surface area contributed by atoms with E-state index < -0.39 is 10.0 Å². The first-order chi connectivity index (χ1) is 16.7. The van der Waals surface area contributed by atoms with Crippen LogP contribution in [0.1, 0.15) is 36.3 Å². The fraction of sp³-hybridized carbons (Fsp3) is 0.296. The molecule has 0 amide bonds. The average molecular weight is 495 g/mol. The van der Waals surface area contributed by atoms with Gasteiger partial charge in [0.15, 0.2) is 0 Å². The SMILES string of the molecule is CCCn1c(CN(C)[C@H](c2ccccc2)c2ccc(F)cc2)nc2cc(S(=O)(=O)N(C)C)ccc21. The van der Waals surface area contributed by atoms with Gasteiger partial charge in [0.05, 0.1) is 28.5 Å². The molecule has 4 rings (SSSR count). The molecule has 8 heteroatoms. The number of aryl methyl sites for hydroxylation is 1. The van der Waals surface area contributed by atoms with Crippen molar-refractivity contribution in [2.45, 2.75) is 37.4 Å². The van der Waals surface area contributed by atoms with E-state index in [0.717, 1.165) is 35.4 Å². The molecule has 1 aromatic heterocycles. The summed E-state index contributed by atoms with van der Waals surface area (Å²) >= 11 is 0. The van der Waals surface area contributed by atoms with Gasteiger partial charge in [-0.3, -0.25) is 4.90 Å². The van der Waals surface area contributed by atoms with Crippen molar-refractivity contribution < 1.29 is 12.8 Å². The summed E-state index contributed by atoms with van der Waals surface area (Å²) in [5, 5.41) is 0. The van der Waals surface area contributed by atoms with E-state index in [-0.39, 0.29) is 16.8 Å². The van der Waals surface area contributed by atoms with Crippen molar-refractivity contribution in [1.29, 1.82) is 0 Å². The standard InChI is InChI=1S/C27H31FN4O2S/c1-5-17-32-25-16-15-23(35(33,34)30(2)3)18-24(25)29-26(32)19-31(4)27(20-9-7-6-8-10-20)21-11-13-22(28)14-12-21/h6-16,18,27H,5,17,19H2,1-4H3/t27-/m1/s1.